The molecule has 1 aliphatic carbocycles. The maximum Gasteiger partial charge on any atom is 0.338 e. The molecule has 1 aliphatic rings. The van der Waals surface area contributed by atoms with Gasteiger partial charge in [-0.3, -0.25) is 4.79 Å². The number of benzene rings is 2. The molecule has 130 valence electrons. The molecule has 5 heteroatoms. The average molecular weight is 358 g/mol. The van der Waals surface area contributed by atoms with Crippen LogP contribution in [0, 0.1) is 0 Å². The number of carbonyl (C=O) groups is 2. The Balaban J connectivity index is 1.42. The SMILES string of the molecule is O=C(COC(=O)c1ccc2c(c1)CCC2)NCCc1cccc(Cl)c1. The minimum Gasteiger partial charge on any atom is -0.452 e. The number of nitrogens with one attached hydrogen (secondary N) is 1. The minimum atomic E-state index is -0.459. The summed E-state index contributed by atoms with van der Waals surface area (Å²) in [5, 5.41) is 3.41. The van der Waals surface area contributed by atoms with Crippen LogP contribution in [0.15, 0.2) is 42.5 Å². The summed E-state index contributed by atoms with van der Waals surface area (Å²) in [6.45, 7) is 0.195. The third-order valence-corrected chi connectivity index (χ3v) is 4.53. The van der Waals surface area contributed by atoms with E-state index in [4.69, 9.17) is 16.3 Å². The topological polar surface area (TPSA) is 55.4 Å². The predicted octanol–water partition coefficient (Wildman–Crippen LogP) is 3.34. The summed E-state index contributed by atoms with van der Waals surface area (Å²) in [5.41, 5.74) is 4.06. The van der Waals surface area contributed by atoms with E-state index in [1.165, 1.54) is 11.1 Å². The normalized spacial score (nSPS) is 12.5. The molecule has 0 fully saturated rings. The summed E-state index contributed by atoms with van der Waals surface area (Å²) in [4.78, 5) is 23.9. The molecule has 0 bridgehead atoms. The summed E-state index contributed by atoms with van der Waals surface area (Å²) >= 11 is 5.92. The van der Waals surface area contributed by atoms with Crippen LogP contribution >= 0.6 is 11.6 Å². The van der Waals surface area contributed by atoms with Crippen LogP contribution in [-0.4, -0.2) is 25.0 Å². The van der Waals surface area contributed by atoms with E-state index in [0.717, 1.165) is 24.8 Å². The van der Waals surface area contributed by atoms with E-state index in [1.807, 2.05) is 36.4 Å². The molecule has 3 rings (SSSR count). The van der Waals surface area contributed by atoms with Gasteiger partial charge < -0.3 is 10.1 Å². The van der Waals surface area contributed by atoms with E-state index in [2.05, 4.69) is 5.32 Å². The number of rotatable bonds is 6. The summed E-state index contributed by atoms with van der Waals surface area (Å²) in [7, 11) is 0. The number of halogens is 1. The van der Waals surface area contributed by atoms with Crippen LogP contribution in [0.5, 0.6) is 0 Å². The highest BCUT2D eigenvalue weighted by molar-refractivity contribution is 6.30. The second-order valence-electron chi connectivity index (χ2n) is 6.14. The van der Waals surface area contributed by atoms with Crippen LogP contribution in [0.4, 0.5) is 0 Å². The molecule has 25 heavy (non-hydrogen) atoms. The highest BCUT2D eigenvalue weighted by Gasteiger charge is 2.15. The molecule has 2 aromatic rings. The maximum atomic E-state index is 12.1. The largest absolute Gasteiger partial charge is 0.452 e. The van der Waals surface area contributed by atoms with Crippen molar-refractivity contribution in [3.05, 3.63) is 69.7 Å². The van der Waals surface area contributed by atoms with Crippen LogP contribution < -0.4 is 5.32 Å². The fourth-order valence-electron chi connectivity index (χ4n) is 3.00. The van der Waals surface area contributed by atoms with Crippen molar-refractivity contribution in [2.45, 2.75) is 25.7 Å². The van der Waals surface area contributed by atoms with Gasteiger partial charge in [0.15, 0.2) is 6.61 Å². The fourth-order valence-corrected chi connectivity index (χ4v) is 3.22. The Morgan fingerprint density at radius 3 is 2.76 bits per heavy atom. The lowest BCUT2D eigenvalue weighted by molar-refractivity contribution is -0.124. The third-order valence-electron chi connectivity index (χ3n) is 4.29. The van der Waals surface area contributed by atoms with Gasteiger partial charge in [0.25, 0.3) is 5.91 Å². The smallest absolute Gasteiger partial charge is 0.338 e. The molecule has 4 nitrogen and oxygen atoms in total. The first-order chi connectivity index (χ1) is 12.1. The van der Waals surface area contributed by atoms with E-state index in [0.29, 0.717) is 23.6 Å². The molecule has 0 aromatic heterocycles. The lowest BCUT2D eigenvalue weighted by Gasteiger charge is -2.08. The van der Waals surface area contributed by atoms with Gasteiger partial charge in [-0.15, -0.1) is 0 Å². The Bertz CT molecular complexity index is 788. The van der Waals surface area contributed by atoms with Gasteiger partial charge in [0, 0.05) is 11.6 Å². The van der Waals surface area contributed by atoms with Crippen molar-refractivity contribution >= 4 is 23.5 Å². The molecule has 0 unspecified atom stereocenters. The molecular weight excluding hydrogens is 338 g/mol. The first-order valence-electron chi connectivity index (χ1n) is 8.42. The van der Waals surface area contributed by atoms with Crippen molar-refractivity contribution < 1.29 is 14.3 Å². The number of ether oxygens (including phenoxy) is 1. The van der Waals surface area contributed by atoms with Crippen LogP contribution in [0.2, 0.25) is 5.02 Å². The van der Waals surface area contributed by atoms with E-state index in [-0.39, 0.29) is 12.5 Å². The average Bonchev–Trinajstić information content (AvgIpc) is 3.07. The van der Waals surface area contributed by atoms with Gasteiger partial charge in [0.05, 0.1) is 5.56 Å². The summed E-state index contributed by atoms with van der Waals surface area (Å²) < 4.78 is 5.10. The van der Waals surface area contributed by atoms with Gasteiger partial charge >= 0.3 is 5.97 Å². The number of amides is 1. The van der Waals surface area contributed by atoms with Crippen molar-refractivity contribution in [3.63, 3.8) is 0 Å². The number of aryl methyl sites for hydroxylation is 2. The summed E-state index contributed by atoms with van der Waals surface area (Å²) in [6, 6.07) is 13.1. The maximum absolute atomic E-state index is 12.1. The van der Waals surface area contributed by atoms with Crippen LogP contribution in [0.1, 0.15) is 33.5 Å². The molecule has 0 heterocycles. The molecule has 1 N–H and O–H groups in total. The van der Waals surface area contributed by atoms with Crippen LogP contribution in [0.3, 0.4) is 0 Å². The second-order valence-corrected chi connectivity index (χ2v) is 6.58. The number of hydrogen-bond acceptors (Lipinski definition) is 3. The molecule has 0 spiro atoms. The molecule has 0 radical (unpaired) electrons. The number of carbonyl (C=O) groups excluding carboxylic acids is 2. The first-order valence-corrected chi connectivity index (χ1v) is 8.80. The zero-order valence-corrected chi connectivity index (χ0v) is 14.6. The highest BCUT2D eigenvalue weighted by atomic mass is 35.5. The quantitative estimate of drug-likeness (QED) is 0.807. The second kappa shape index (κ2) is 8.17. The lowest BCUT2D eigenvalue weighted by atomic mass is 10.1. The molecular formula is C20H20ClNO3. The van der Waals surface area contributed by atoms with Gasteiger partial charge in [-0.1, -0.05) is 29.8 Å². The Labute approximate surface area is 152 Å². The van der Waals surface area contributed by atoms with Crippen molar-refractivity contribution in [1.82, 2.24) is 5.32 Å². The van der Waals surface area contributed by atoms with Gasteiger partial charge in [-0.05, 0) is 66.6 Å². The monoisotopic (exact) mass is 357 g/mol. The molecule has 0 saturated carbocycles. The van der Waals surface area contributed by atoms with Crippen molar-refractivity contribution in [3.8, 4) is 0 Å². The van der Waals surface area contributed by atoms with Gasteiger partial charge in [0.1, 0.15) is 0 Å². The Morgan fingerprint density at radius 2 is 1.92 bits per heavy atom. The summed E-state index contributed by atoms with van der Waals surface area (Å²) in [6.07, 6.45) is 3.87. The summed E-state index contributed by atoms with van der Waals surface area (Å²) in [5.74, 6) is -0.767. The van der Waals surface area contributed by atoms with Gasteiger partial charge in [-0.2, -0.15) is 0 Å². The molecule has 0 atom stereocenters. The molecule has 2 aromatic carbocycles. The Kier molecular flexibility index (Phi) is 5.71. The molecule has 1 amide bonds. The van der Waals surface area contributed by atoms with E-state index < -0.39 is 5.97 Å². The zero-order valence-electron chi connectivity index (χ0n) is 13.9. The fraction of sp³-hybridized carbons (Fsp3) is 0.300. The highest BCUT2D eigenvalue weighted by Crippen LogP contribution is 2.23. The number of fused-ring (bicyclic) bond motifs is 1. The number of hydrogen-bond donors (Lipinski definition) is 1. The number of esters is 1. The molecule has 0 aliphatic heterocycles. The van der Waals surface area contributed by atoms with E-state index in [1.54, 1.807) is 6.07 Å². The van der Waals surface area contributed by atoms with Crippen molar-refractivity contribution in [1.29, 1.82) is 0 Å². The van der Waals surface area contributed by atoms with Crippen molar-refractivity contribution in [2.75, 3.05) is 13.2 Å². The van der Waals surface area contributed by atoms with Crippen LogP contribution in [-0.2, 0) is 28.8 Å². The van der Waals surface area contributed by atoms with E-state index in [9.17, 15) is 9.59 Å². The lowest BCUT2D eigenvalue weighted by Crippen LogP contribution is -2.30. The standard InChI is InChI=1S/C20H20ClNO3/c21-18-6-1-3-14(11-18)9-10-22-19(23)13-25-20(24)17-8-7-15-4-2-5-16(15)12-17/h1,3,6-8,11-12H,2,4-5,9-10,13H2,(H,22,23). The first kappa shape index (κ1) is 17.5. The Hall–Kier alpha value is -2.33. The third kappa shape index (κ3) is 4.83. The van der Waals surface area contributed by atoms with E-state index >= 15 is 0 Å². The predicted molar refractivity (Wildman–Crippen MR) is 96.9 cm³/mol. The van der Waals surface area contributed by atoms with Crippen LogP contribution in [0.25, 0.3) is 0 Å². The van der Waals surface area contributed by atoms with Gasteiger partial charge in [0.2, 0.25) is 0 Å². The Morgan fingerprint density at radius 1 is 1.08 bits per heavy atom. The van der Waals surface area contributed by atoms with Gasteiger partial charge in [-0.25, -0.2) is 4.79 Å². The molecule has 0 saturated heterocycles. The minimum absolute atomic E-state index is 0.272. The van der Waals surface area contributed by atoms with Crippen molar-refractivity contribution in [2.24, 2.45) is 0 Å². The zero-order chi connectivity index (χ0) is 17.6.